The van der Waals surface area contributed by atoms with E-state index in [1.54, 1.807) is 0 Å². The Morgan fingerprint density at radius 2 is 1.64 bits per heavy atom. The molecule has 0 bridgehead atoms. The molecule has 0 radical (unpaired) electrons. The van der Waals surface area contributed by atoms with Gasteiger partial charge >= 0.3 is 0 Å². The van der Waals surface area contributed by atoms with E-state index in [0.717, 1.165) is 41.2 Å². The van der Waals surface area contributed by atoms with Crippen LogP contribution in [0.1, 0.15) is 24.7 Å². The zero-order valence-electron chi connectivity index (χ0n) is 13.0. The maximum Gasteiger partial charge on any atom is 0.178 e. The molecule has 110 valence electrons. The fourth-order valence-electron chi connectivity index (χ4n) is 2.42. The van der Waals surface area contributed by atoms with Crippen LogP contribution in [0, 0.1) is 6.92 Å². The minimum atomic E-state index is 0.702. The molecule has 0 unspecified atom stereocenters. The highest BCUT2D eigenvalue weighted by Crippen LogP contribution is 2.22. The van der Waals surface area contributed by atoms with E-state index < -0.39 is 0 Å². The van der Waals surface area contributed by atoms with Crippen LogP contribution in [0.25, 0.3) is 22.8 Å². The normalized spacial score (nSPS) is 10.6. The summed E-state index contributed by atoms with van der Waals surface area (Å²) in [7, 11) is 0. The zero-order valence-corrected chi connectivity index (χ0v) is 13.0. The van der Waals surface area contributed by atoms with Crippen molar-refractivity contribution in [3.05, 3.63) is 66.0 Å². The molecule has 3 aromatic rings. The van der Waals surface area contributed by atoms with Gasteiger partial charge in [-0.2, -0.15) is 0 Å². The van der Waals surface area contributed by atoms with Gasteiger partial charge in [0.05, 0.1) is 5.69 Å². The van der Waals surface area contributed by atoms with Crippen molar-refractivity contribution in [3.63, 3.8) is 0 Å². The minimum Gasteiger partial charge on any atom is -0.250 e. The van der Waals surface area contributed by atoms with Crippen LogP contribution in [0.4, 0.5) is 0 Å². The number of hydrogen-bond acceptors (Lipinski definition) is 3. The molecule has 3 heteroatoms. The van der Waals surface area contributed by atoms with Crippen molar-refractivity contribution >= 4 is 0 Å². The Balaban J connectivity index is 2.12. The van der Waals surface area contributed by atoms with Crippen LogP contribution < -0.4 is 0 Å². The van der Waals surface area contributed by atoms with E-state index in [-0.39, 0.29) is 0 Å². The van der Waals surface area contributed by atoms with Crippen LogP contribution in [0.5, 0.6) is 0 Å². The van der Waals surface area contributed by atoms with Crippen LogP contribution in [-0.4, -0.2) is 15.0 Å². The van der Waals surface area contributed by atoms with Gasteiger partial charge in [-0.05, 0) is 31.5 Å². The molecule has 3 nitrogen and oxygen atoms in total. The fraction of sp³-hybridized carbons (Fsp3) is 0.211. The molecule has 0 fully saturated rings. The topological polar surface area (TPSA) is 38.7 Å². The van der Waals surface area contributed by atoms with Crippen LogP contribution >= 0.6 is 0 Å². The second-order valence-electron chi connectivity index (χ2n) is 5.35. The Bertz CT molecular complexity index is 767. The second kappa shape index (κ2) is 6.48. The average Bonchev–Trinajstić information content (AvgIpc) is 2.56. The van der Waals surface area contributed by atoms with Crippen molar-refractivity contribution in [1.29, 1.82) is 0 Å². The molecule has 2 heterocycles. The molecule has 0 aliphatic rings. The Labute approximate surface area is 131 Å². The molecule has 0 N–H and O–H groups in total. The quantitative estimate of drug-likeness (QED) is 0.711. The summed E-state index contributed by atoms with van der Waals surface area (Å²) >= 11 is 0. The standard InChI is InChI=1S/C19H19N3/c1-3-8-16-13-18(15-10-5-4-6-11-15)22-19(21-16)17-12-7-9-14(2)20-17/h4-7,9-13H,3,8H2,1-2H3. The fourth-order valence-corrected chi connectivity index (χ4v) is 2.42. The van der Waals surface area contributed by atoms with E-state index in [4.69, 9.17) is 4.98 Å². The van der Waals surface area contributed by atoms with E-state index in [9.17, 15) is 0 Å². The number of aryl methyl sites for hydroxylation is 2. The maximum atomic E-state index is 4.72. The lowest BCUT2D eigenvalue weighted by atomic mass is 10.1. The lowest BCUT2D eigenvalue weighted by Crippen LogP contribution is -2.00. The van der Waals surface area contributed by atoms with Crippen molar-refractivity contribution in [1.82, 2.24) is 15.0 Å². The van der Waals surface area contributed by atoms with Gasteiger partial charge in [0.15, 0.2) is 5.82 Å². The zero-order chi connectivity index (χ0) is 15.4. The van der Waals surface area contributed by atoms with Crippen molar-refractivity contribution in [2.45, 2.75) is 26.7 Å². The van der Waals surface area contributed by atoms with Crippen LogP contribution in [-0.2, 0) is 6.42 Å². The molecular formula is C19H19N3. The van der Waals surface area contributed by atoms with E-state index >= 15 is 0 Å². The van der Waals surface area contributed by atoms with E-state index in [1.807, 2.05) is 43.3 Å². The van der Waals surface area contributed by atoms with Gasteiger partial charge < -0.3 is 0 Å². The Morgan fingerprint density at radius 1 is 0.818 bits per heavy atom. The van der Waals surface area contributed by atoms with Gasteiger partial charge in [0, 0.05) is 17.0 Å². The molecule has 0 saturated carbocycles. The Kier molecular flexibility index (Phi) is 4.24. The molecule has 0 spiro atoms. The highest BCUT2D eigenvalue weighted by Gasteiger charge is 2.09. The van der Waals surface area contributed by atoms with Gasteiger partial charge in [-0.25, -0.2) is 15.0 Å². The third-order valence-corrected chi connectivity index (χ3v) is 3.47. The first-order valence-electron chi connectivity index (χ1n) is 7.63. The first kappa shape index (κ1) is 14.4. The third kappa shape index (κ3) is 3.19. The summed E-state index contributed by atoms with van der Waals surface area (Å²) in [5, 5.41) is 0. The Morgan fingerprint density at radius 3 is 2.36 bits per heavy atom. The lowest BCUT2D eigenvalue weighted by Gasteiger charge is -2.08. The SMILES string of the molecule is CCCc1cc(-c2ccccc2)nc(-c2cccc(C)n2)n1. The summed E-state index contributed by atoms with van der Waals surface area (Å²) in [4.78, 5) is 14.0. The summed E-state index contributed by atoms with van der Waals surface area (Å²) in [5.74, 6) is 0.702. The summed E-state index contributed by atoms with van der Waals surface area (Å²) in [6.45, 7) is 4.15. The number of hydrogen-bond donors (Lipinski definition) is 0. The molecule has 0 saturated heterocycles. The van der Waals surface area contributed by atoms with Crippen molar-refractivity contribution in [3.8, 4) is 22.8 Å². The summed E-state index contributed by atoms with van der Waals surface area (Å²) in [6.07, 6.45) is 2.01. The molecular weight excluding hydrogens is 270 g/mol. The highest BCUT2D eigenvalue weighted by atomic mass is 14.9. The first-order valence-corrected chi connectivity index (χ1v) is 7.63. The summed E-state index contributed by atoms with van der Waals surface area (Å²) in [6, 6.07) is 18.2. The number of benzene rings is 1. The van der Waals surface area contributed by atoms with Gasteiger partial charge in [-0.3, -0.25) is 0 Å². The Hall–Kier alpha value is -2.55. The van der Waals surface area contributed by atoms with Gasteiger partial charge in [0.25, 0.3) is 0 Å². The second-order valence-corrected chi connectivity index (χ2v) is 5.35. The van der Waals surface area contributed by atoms with Gasteiger partial charge in [-0.15, -0.1) is 0 Å². The predicted octanol–water partition coefficient (Wildman–Crippen LogP) is 4.47. The van der Waals surface area contributed by atoms with Gasteiger partial charge in [-0.1, -0.05) is 49.7 Å². The van der Waals surface area contributed by atoms with Crippen molar-refractivity contribution in [2.75, 3.05) is 0 Å². The molecule has 22 heavy (non-hydrogen) atoms. The van der Waals surface area contributed by atoms with E-state index in [2.05, 4.69) is 35.1 Å². The van der Waals surface area contributed by atoms with E-state index in [0.29, 0.717) is 5.82 Å². The molecule has 0 amide bonds. The summed E-state index contributed by atoms with van der Waals surface area (Å²) < 4.78 is 0. The smallest absolute Gasteiger partial charge is 0.178 e. The molecule has 1 aromatic carbocycles. The first-order chi connectivity index (χ1) is 10.8. The third-order valence-electron chi connectivity index (χ3n) is 3.47. The van der Waals surface area contributed by atoms with Gasteiger partial charge in [0.1, 0.15) is 5.69 Å². The number of aromatic nitrogens is 3. The average molecular weight is 289 g/mol. The monoisotopic (exact) mass is 289 g/mol. The predicted molar refractivity (Wildman–Crippen MR) is 89.4 cm³/mol. The molecule has 0 atom stereocenters. The van der Waals surface area contributed by atoms with E-state index in [1.165, 1.54) is 0 Å². The number of pyridine rings is 1. The van der Waals surface area contributed by atoms with Gasteiger partial charge in [0.2, 0.25) is 0 Å². The molecule has 2 aromatic heterocycles. The number of rotatable bonds is 4. The summed E-state index contributed by atoms with van der Waals surface area (Å²) in [5.41, 5.74) is 4.93. The maximum absolute atomic E-state index is 4.72. The van der Waals surface area contributed by atoms with Crippen molar-refractivity contribution < 1.29 is 0 Å². The highest BCUT2D eigenvalue weighted by molar-refractivity contribution is 5.62. The van der Waals surface area contributed by atoms with Crippen LogP contribution in [0.3, 0.4) is 0 Å². The molecule has 3 rings (SSSR count). The largest absolute Gasteiger partial charge is 0.250 e. The molecule has 0 aliphatic heterocycles. The molecule has 0 aliphatic carbocycles. The lowest BCUT2D eigenvalue weighted by molar-refractivity contribution is 0.874. The number of nitrogens with zero attached hydrogens (tertiary/aromatic N) is 3. The van der Waals surface area contributed by atoms with Crippen LogP contribution in [0.15, 0.2) is 54.6 Å². The van der Waals surface area contributed by atoms with Crippen molar-refractivity contribution in [2.24, 2.45) is 0 Å². The van der Waals surface area contributed by atoms with Crippen LogP contribution in [0.2, 0.25) is 0 Å². The minimum absolute atomic E-state index is 0.702.